The summed E-state index contributed by atoms with van der Waals surface area (Å²) in [6, 6.07) is 16.6. The fourth-order valence-electron chi connectivity index (χ4n) is 2.68. The van der Waals surface area contributed by atoms with Gasteiger partial charge in [-0.1, -0.05) is 36.4 Å². The second kappa shape index (κ2) is 7.49. The number of nitro benzene ring substituents is 1. The molecule has 0 unspecified atom stereocenters. The van der Waals surface area contributed by atoms with E-state index in [0.29, 0.717) is 16.9 Å². The van der Waals surface area contributed by atoms with E-state index < -0.39 is 10.9 Å². The first-order valence-electron chi connectivity index (χ1n) is 8.07. The highest BCUT2D eigenvalue weighted by Gasteiger charge is 2.27. The minimum absolute atomic E-state index is 0.0251. The van der Waals surface area contributed by atoms with Crippen LogP contribution in [0.4, 0.5) is 5.69 Å². The van der Waals surface area contributed by atoms with E-state index in [2.05, 4.69) is 5.10 Å². The third-order valence-electron chi connectivity index (χ3n) is 3.80. The van der Waals surface area contributed by atoms with E-state index >= 15 is 0 Å². The van der Waals surface area contributed by atoms with Gasteiger partial charge in [-0.05, 0) is 13.0 Å². The Morgan fingerprint density at radius 2 is 2.00 bits per heavy atom. The van der Waals surface area contributed by atoms with Gasteiger partial charge in [-0.3, -0.25) is 10.1 Å². The van der Waals surface area contributed by atoms with Crippen LogP contribution in [0.3, 0.4) is 0 Å². The van der Waals surface area contributed by atoms with E-state index in [0.717, 1.165) is 0 Å². The molecule has 0 aliphatic carbocycles. The summed E-state index contributed by atoms with van der Waals surface area (Å²) in [5, 5.41) is 24.8. The molecule has 0 aliphatic rings. The zero-order valence-corrected chi connectivity index (χ0v) is 14.3. The molecular formula is C19H14N4O4. The lowest BCUT2D eigenvalue weighted by Gasteiger charge is -2.09. The molecule has 0 fully saturated rings. The van der Waals surface area contributed by atoms with Gasteiger partial charge in [0.15, 0.2) is 5.69 Å². The third-order valence-corrected chi connectivity index (χ3v) is 3.80. The molecule has 0 atom stereocenters. The zero-order chi connectivity index (χ0) is 19.4. The standard InChI is InChI=1S/C19H14N4O4/c1-2-27-19(24)17-16(12-20)21-22(18(17)13-7-4-3-5-8-13)14-9-6-10-15(11-14)23(25)26/h3-11H,2H2,1H3. The van der Waals surface area contributed by atoms with Crippen molar-refractivity contribution in [3.05, 3.63) is 76.0 Å². The lowest BCUT2D eigenvalue weighted by molar-refractivity contribution is -0.384. The van der Waals surface area contributed by atoms with E-state index in [1.165, 1.54) is 22.9 Å². The van der Waals surface area contributed by atoms with Crippen molar-refractivity contribution in [2.45, 2.75) is 6.92 Å². The second-order valence-corrected chi connectivity index (χ2v) is 5.46. The van der Waals surface area contributed by atoms with Crippen molar-refractivity contribution >= 4 is 11.7 Å². The van der Waals surface area contributed by atoms with Gasteiger partial charge in [0.25, 0.3) is 5.69 Å². The van der Waals surface area contributed by atoms with Crippen LogP contribution in [0.2, 0.25) is 0 Å². The Labute approximate surface area is 154 Å². The maximum Gasteiger partial charge on any atom is 0.343 e. The number of hydrogen-bond acceptors (Lipinski definition) is 6. The van der Waals surface area contributed by atoms with Gasteiger partial charge in [-0.25, -0.2) is 9.48 Å². The number of carbonyl (C=O) groups excluding carboxylic acids is 1. The molecule has 0 bridgehead atoms. The summed E-state index contributed by atoms with van der Waals surface area (Å²) in [5.74, 6) is -0.676. The normalized spacial score (nSPS) is 10.2. The average molecular weight is 362 g/mol. The van der Waals surface area contributed by atoms with Gasteiger partial charge in [-0.15, -0.1) is 0 Å². The lowest BCUT2D eigenvalue weighted by atomic mass is 10.1. The highest BCUT2D eigenvalue weighted by atomic mass is 16.6. The van der Waals surface area contributed by atoms with Gasteiger partial charge in [-0.2, -0.15) is 10.4 Å². The number of nitro groups is 1. The molecule has 3 aromatic rings. The first-order chi connectivity index (χ1) is 13.1. The number of esters is 1. The molecule has 0 saturated heterocycles. The first kappa shape index (κ1) is 17.8. The SMILES string of the molecule is CCOC(=O)c1c(C#N)nn(-c2cccc([N+](=O)[O-])c2)c1-c1ccccc1. The Balaban J connectivity index is 2.32. The van der Waals surface area contributed by atoms with E-state index in [-0.39, 0.29) is 23.6 Å². The Kier molecular flexibility index (Phi) is 4.95. The Morgan fingerprint density at radius 1 is 1.26 bits per heavy atom. The first-order valence-corrected chi connectivity index (χ1v) is 8.07. The van der Waals surface area contributed by atoms with Crippen molar-refractivity contribution in [1.29, 1.82) is 5.26 Å². The van der Waals surface area contributed by atoms with Gasteiger partial charge in [0.2, 0.25) is 0 Å². The number of nitrogens with zero attached hydrogens (tertiary/aromatic N) is 4. The lowest BCUT2D eigenvalue weighted by Crippen LogP contribution is -2.08. The molecule has 0 N–H and O–H groups in total. The molecule has 1 heterocycles. The van der Waals surface area contributed by atoms with E-state index in [1.807, 2.05) is 12.1 Å². The van der Waals surface area contributed by atoms with E-state index in [4.69, 9.17) is 4.74 Å². The summed E-state index contributed by atoms with van der Waals surface area (Å²) in [7, 11) is 0. The van der Waals surface area contributed by atoms with Crippen LogP contribution in [-0.4, -0.2) is 27.3 Å². The highest BCUT2D eigenvalue weighted by molar-refractivity contribution is 5.99. The van der Waals surface area contributed by atoms with Crippen molar-refractivity contribution in [2.75, 3.05) is 6.61 Å². The van der Waals surface area contributed by atoms with Crippen LogP contribution in [0.15, 0.2) is 54.6 Å². The van der Waals surface area contributed by atoms with Gasteiger partial charge in [0.05, 0.1) is 22.9 Å². The largest absolute Gasteiger partial charge is 0.462 e. The van der Waals surface area contributed by atoms with Gasteiger partial charge in [0.1, 0.15) is 11.6 Å². The molecular weight excluding hydrogens is 348 g/mol. The van der Waals surface area contributed by atoms with Crippen LogP contribution < -0.4 is 0 Å². The molecule has 8 nitrogen and oxygen atoms in total. The number of aromatic nitrogens is 2. The van der Waals surface area contributed by atoms with Gasteiger partial charge < -0.3 is 4.74 Å². The molecule has 3 rings (SSSR count). The van der Waals surface area contributed by atoms with Crippen molar-refractivity contribution in [3.63, 3.8) is 0 Å². The van der Waals surface area contributed by atoms with Crippen molar-refractivity contribution in [3.8, 4) is 23.0 Å². The third kappa shape index (κ3) is 3.39. The van der Waals surface area contributed by atoms with Gasteiger partial charge >= 0.3 is 5.97 Å². The predicted molar refractivity (Wildman–Crippen MR) is 96.3 cm³/mol. The number of hydrogen-bond donors (Lipinski definition) is 0. The fraction of sp³-hybridized carbons (Fsp3) is 0.105. The molecule has 0 spiro atoms. The minimum atomic E-state index is -0.676. The quantitative estimate of drug-likeness (QED) is 0.390. The van der Waals surface area contributed by atoms with Crippen LogP contribution >= 0.6 is 0 Å². The van der Waals surface area contributed by atoms with Crippen molar-refractivity contribution < 1.29 is 14.5 Å². The van der Waals surface area contributed by atoms with Gasteiger partial charge in [0, 0.05) is 17.7 Å². The molecule has 0 saturated carbocycles. The molecule has 0 aliphatic heterocycles. The smallest absolute Gasteiger partial charge is 0.343 e. The maximum absolute atomic E-state index is 12.5. The van der Waals surface area contributed by atoms with Crippen LogP contribution in [0.1, 0.15) is 23.0 Å². The average Bonchev–Trinajstić information content (AvgIpc) is 3.08. The topological polar surface area (TPSA) is 111 Å². The van der Waals surface area contributed by atoms with Crippen molar-refractivity contribution in [1.82, 2.24) is 9.78 Å². The van der Waals surface area contributed by atoms with E-state index in [9.17, 15) is 20.2 Å². The number of non-ortho nitro benzene ring substituents is 1. The summed E-state index contributed by atoms with van der Waals surface area (Å²) in [5.41, 5.74) is 1.11. The van der Waals surface area contributed by atoms with Crippen LogP contribution in [0.25, 0.3) is 16.9 Å². The second-order valence-electron chi connectivity index (χ2n) is 5.46. The molecule has 8 heteroatoms. The van der Waals surface area contributed by atoms with Crippen LogP contribution in [0, 0.1) is 21.4 Å². The van der Waals surface area contributed by atoms with Crippen LogP contribution in [0.5, 0.6) is 0 Å². The molecule has 134 valence electrons. The molecule has 2 aromatic carbocycles. The summed E-state index contributed by atoms with van der Waals surface area (Å²) in [4.78, 5) is 23.1. The number of nitriles is 1. The molecule has 0 radical (unpaired) electrons. The Hall–Kier alpha value is -3.99. The summed E-state index contributed by atoms with van der Waals surface area (Å²) in [6.45, 7) is 1.80. The summed E-state index contributed by atoms with van der Waals surface area (Å²) >= 11 is 0. The number of carbonyl (C=O) groups is 1. The zero-order valence-electron chi connectivity index (χ0n) is 14.3. The summed E-state index contributed by atoms with van der Waals surface area (Å²) < 4.78 is 6.45. The minimum Gasteiger partial charge on any atom is -0.462 e. The highest BCUT2D eigenvalue weighted by Crippen LogP contribution is 2.30. The molecule has 1 aromatic heterocycles. The van der Waals surface area contributed by atoms with Crippen molar-refractivity contribution in [2.24, 2.45) is 0 Å². The number of benzene rings is 2. The number of ether oxygens (including phenoxy) is 1. The Morgan fingerprint density at radius 3 is 2.63 bits per heavy atom. The van der Waals surface area contributed by atoms with E-state index in [1.54, 1.807) is 37.3 Å². The maximum atomic E-state index is 12.5. The monoisotopic (exact) mass is 362 g/mol. The van der Waals surface area contributed by atoms with Crippen LogP contribution in [-0.2, 0) is 4.74 Å². The molecule has 0 amide bonds. The molecule has 27 heavy (non-hydrogen) atoms. The number of rotatable bonds is 5. The Bertz CT molecular complexity index is 1050. The fourth-order valence-corrected chi connectivity index (χ4v) is 2.68. The summed E-state index contributed by atoms with van der Waals surface area (Å²) in [6.07, 6.45) is 0. The predicted octanol–water partition coefficient (Wildman–Crippen LogP) is 3.50.